The number of nitrogens with two attached hydrogens (primary N) is 1. The maximum absolute atomic E-state index is 11.6. The second kappa shape index (κ2) is 7.44. The first-order valence-electron chi connectivity index (χ1n) is 6.87. The van der Waals surface area contributed by atoms with E-state index in [1.54, 1.807) is 22.9 Å². The van der Waals surface area contributed by atoms with Crippen LogP contribution in [0, 0.1) is 0 Å². The van der Waals surface area contributed by atoms with Crippen molar-refractivity contribution in [3.8, 4) is 5.75 Å². The van der Waals surface area contributed by atoms with Crippen molar-refractivity contribution in [1.82, 2.24) is 5.43 Å². The molecule has 1 aliphatic heterocycles. The average Bonchev–Trinajstić information content (AvgIpc) is 2.87. The highest BCUT2D eigenvalue weighted by molar-refractivity contribution is 6.30. The highest BCUT2D eigenvalue weighted by Gasteiger charge is 2.31. The van der Waals surface area contributed by atoms with E-state index in [9.17, 15) is 9.90 Å². The number of hydrogen-bond acceptors (Lipinski definition) is 4. The zero-order chi connectivity index (χ0) is 16.4. The van der Waals surface area contributed by atoms with Gasteiger partial charge in [0.1, 0.15) is 18.4 Å². The number of amides is 1. The largest absolute Gasteiger partial charge is 0.507 e. The van der Waals surface area contributed by atoms with Crippen molar-refractivity contribution < 1.29 is 14.5 Å². The summed E-state index contributed by atoms with van der Waals surface area (Å²) >= 11 is 5.85. The number of phenolic OH excluding ortho intramolecular Hbond substituents is 1. The third-order valence-electron chi connectivity index (χ3n) is 3.41. The number of nitrogens with one attached hydrogen (secondary N) is 1. The summed E-state index contributed by atoms with van der Waals surface area (Å²) in [7, 11) is 0. The molecule has 0 saturated carbocycles. The Hall–Kier alpha value is -2.41. The molecule has 0 bridgehead atoms. The molecule has 0 fully saturated rings. The Morgan fingerprint density at radius 3 is 2.79 bits per heavy atom. The molecule has 1 amide bonds. The van der Waals surface area contributed by atoms with Crippen molar-refractivity contribution >= 4 is 53.3 Å². The van der Waals surface area contributed by atoms with Crippen molar-refractivity contribution in [3.05, 3.63) is 53.1 Å². The lowest BCUT2D eigenvalue weighted by atomic mass is 10.2. The van der Waals surface area contributed by atoms with Crippen LogP contribution in [0.1, 0.15) is 12.0 Å². The number of aromatic hydroxyl groups is 1. The maximum atomic E-state index is 11.6. The Labute approximate surface area is 149 Å². The number of aliphatic imine (C=N–C) groups is 1. The molecule has 2 aromatic rings. The molecule has 8 heteroatoms. The molecule has 3 rings (SSSR count). The number of fused-ring (bicyclic) bond motifs is 1. The summed E-state index contributed by atoms with van der Waals surface area (Å²) < 4.78 is 1.76. The van der Waals surface area contributed by atoms with E-state index in [0.29, 0.717) is 16.4 Å². The minimum Gasteiger partial charge on any atom is -0.507 e. The summed E-state index contributed by atoms with van der Waals surface area (Å²) in [5, 5.41) is 10.5. The molecule has 24 heavy (non-hydrogen) atoms. The van der Waals surface area contributed by atoms with Gasteiger partial charge in [-0.3, -0.25) is 10.2 Å². The highest BCUT2D eigenvalue weighted by Crippen LogP contribution is 2.34. The number of halogens is 2. The van der Waals surface area contributed by atoms with Crippen LogP contribution in [0.4, 0.5) is 11.4 Å². The number of carbonyl (C=O) groups excluding carboxylic acids is 1. The predicted molar refractivity (Wildman–Crippen MR) is 95.9 cm³/mol. The van der Waals surface area contributed by atoms with Gasteiger partial charge in [-0.1, -0.05) is 23.7 Å². The van der Waals surface area contributed by atoms with E-state index in [1.165, 1.54) is 6.07 Å². The lowest BCUT2D eigenvalue weighted by molar-refractivity contribution is -0.296. The average molecular weight is 366 g/mol. The van der Waals surface area contributed by atoms with Crippen molar-refractivity contribution in [3.63, 3.8) is 0 Å². The van der Waals surface area contributed by atoms with E-state index in [0.717, 1.165) is 11.4 Å². The van der Waals surface area contributed by atoms with E-state index >= 15 is 0 Å². The maximum Gasteiger partial charge on any atom is 0.314 e. The van der Waals surface area contributed by atoms with Crippen LogP contribution >= 0.6 is 24.0 Å². The number of hydrogen-bond donors (Lipinski definition) is 3. The first-order valence-corrected chi connectivity index (χ1v) is 7.25. The van der Waals surface area contributed by atoms with Crippen molar-refractivity contribution in [2.45, 2.75) is 6.42 Å². The number of nitrogens with zero attached hydrogens (tertiary/aromatic N) is 2. The van der Waals surface area contributed by atoms with Crippen LogP contribution in [-0.2, 0) is 4.79 Å². The Bertz CT molecular complexity index is 850. The minimum atomic E-state index is -0.352. The van der Waals surface area contributed by atoms with E-state index in [-0.39, 0.29) is 30.5 Å². The normalized spacial score (nSPS) is 13.9. The molecule has 0 spiro atoms. The Kier molecular flexibility index (Phi) is 5.56. The van der Waals surface area contributed by atoms with E-state index in [1.807, 2.05) is 24.3 Å². The van der Waals surface area contributed by atoms with Gasteiger partial charge in [-0.25, -0.2) is 5.84 Å². The molecule has 6 nitrogen and oxygen atoms in total. The summed E-state index contributed by atoms with van der Waals surface area (Å²) in [6.45, 7) is 0. The SMILES string of the molecule is Cl.NNC(=O)CC1=Nc2ccccc2[N+]1=Cc1ccc(Cl)cc1O. The van der Waals surface area contributed by atoms with Crippen LogP contribution in [0.2, 0.25) is 5.02 Å². The van der Waals surface area contributed by atoms with Gasteiger partial charge in [-0.2, -0.15) is 4.58 Å². The second-order valence-electron chi connectivity index (χ2n) is 4.96. The van der Waals surface area contributed by atoms with Crippen LogP contribution in [-0.4, -0.2) is 27.6 Å². The van der Waals surface area contributed by atoms with E-state index < -0.39 is 0 Å². The van der Waals surface area contributed by atoms with Crippen LogP contribution in [0.5, 0.6) is 5.75 Å². The van der Waals surface area contributed by atoms with Crippen molar-refractivity contribution in [2.24, 2.45) is 10.8 Å². The van der Waals surface area contributed by atoms with Gasteiger partial charge in [0, 0.05) is 5.02 Å². The molecular formula is C16H15Cl2N4O2+. The number of hydrazine groups is 1. The summed E-state index contributed by atoms with van der Waals surface area (Å²) in [6.07, 6.45) is 1.73. The number of phenols is 1. The van der Waals surface area contributed by atoms with Gasteiger partial charge in [0.15, 0.2) is 5.69 Å². The lowest BCUT2D eigenvalue weighted by Crippen LogP contribution is -2.33. The second-order valence-corrected chi connectivity index (χ2v) is 5.40. The fourth-order valence-corrected chi connectivity index (χ4v) is 2.49. The van der Waals surface area contributed by atoms with E-state index in [2.05, 4.69) is 10.4 Å². The Balaban J connectivity index is 0.00000208. The summed E-state index contributed by atoms with van der Waals surface area (Å²) in [5.41, 5.74) is 4.22. The summed E-state index contributed by atoms with van der Waals surface area (Å²) in [5.74, 6) is 5.37. The number of carbonyl (C=O) groups is 1. The van der Waals surface area contributed by atoms with Crippen LogP contribution < -0.4 is 11.3 Å². The molecule has 0 aromatic heterocycles. The Morgan fingerprint density at radius 2 is 2.08 bits per heavy atom. The predicted octanol–water partition coefficient (Wildman–Crippen LogP) is 2.65. The summed E-state index contributed by atoms with van der Waals surface area (Å²) in [6, 6.07) is 12.3. The van der Waals surface area contributed by atoms with Gasteiger partial charge in [0.2, 0.25) is 11.6 Å². The van der Waals surface area contributed by atoms with Crippen molar-refractivity contribution in [2.75, 3.05) is 0 Å². The standard InChI is InChI=1S/C16H13ClN4O2.ClH/c17-11-6-5-10(14(22)7-11)9-21-13-4-2-1-3-12(13)19-15(21)8-16(23)20-18;/h1-7,9H,8,18H2,(H,20,23);1H/p+1. The molecule has 0 saturated heterocycles. The fraction of sp³-hybridized carbons (Fsp3) is 0.0625. The van der Waals surface area contributed by atoms with E-state index in [4.69, 9.17) is 17.4 Å². The number of rotatable bonds is 3. The van der Waals surface area contributed by atoms with Gasteiger partial charge >= 0.3 is 5.84 Å². The first-order chi connectivity index (χ1) is 11.1. The quantitative estimate of drug-likeness (QED) is 0.338. The monoisotopic (exact) mass is 365 g/mol. The fourth-order valence-electron chi connectivity index (χ4n) is 2.32. The minimum absolute atomic E-state index is 0. The molecular weight excluding hydrogens is 351 g/mol. The van der Waals surface area contributed by atoms with Gasteiger partial charge < -0.3 is 5.11 Å². The Morgan fingerprint density at radius 1 is 1.33 bits per heavy atom. The molecule has 0 aliphatic carbocycles. The van der Waals surface area contributed by atoms with Crippen LogP contribution in [0.3, 0.4) is 0 Å². The van der Waals surface area contributed by atoms with Crippen LogP contribution in [0.25, 0.3) is 0 Å². The third-order valence-corrected chi connectivity index (χ3v) is 3.64. The van der Waals surface area contributed by atoms with Gasteiger partial charge in [-0.15, -0.1) is 12.4 Å². The van der Waals surface area contributed by atoms with Gasteiger partial charge in [0.25, 0.3) is 0 Å². The summed E-state index contributed by atoms with van der Waals surface area (Å²) in [4.78, 5) is 16.1. The molecule has 2 aromatic carbocycles. The highest BCUT2D eigenvalue weighted by atomic mass is 35.5. The molecule has 4 N–H and O–H groups in total. The van der Waals surface area contributed by atoms with Crippen LogP contribution in [0.15, 0.2) is 47.5 Å². The topological polar surface area (TPSA) is 90.7 Å². The third kappa shape index (κ3) is 3.56. The lowest BCUT2D eigenvalue weighted by Gasteiger charge is -2.03. The zero-order valence-electron chi connectivity index (χ0n) is 12.4. The molecule has 1 heterocycles. The molecule has 0 unspecified atom stereocenters. The smallest absolute Gasteiger partial charge is 0.314 e. The first kappa shape index (κ1) is 17.9. The van der Waals surface area contributed by atoms with Gasteiger partial charge in [0.05, 0.1) is 5.56 Å². The number of amidine groups is 1. The zero-order valence-corrected chi connectivity index (χ0v) is 14.0. The molecule has 0 radical (unpaired) electrons. The molecule has 124 valence electrons. The van der Waals surface area contributed by atoms with Gasteiger partial charge in [-0.05, 0) is 35.3 Å². The van der Waals surface area contributed by atoms with Crippen molar-refractivity contribution in [1.29, 1.82) is 0 Å². The molecule has 0 atom stereocenters. The molecule has 1 aliphatic rings. The number of benzene rings is 2. The number of para-hydroxylation sites is 2.